The van der Waals surface area contributed by atoms with E-state index in [1.54, 1.807) is 23.1 Å². The van der Waals surface area contributed by atoms with Crippen LogP contribution in [0.5, 0.6) is 5.75 Å². The lowest BCUT2D eigenvalue weighted by molar-refractivity contribution is -0.136. The zero-order valence-electron chi connectivity index (χ0n) is 31.7. The molecule has 0 unspecified atom stereocenters. The highest BCUT2D eigenvalue weighted by molar-refractivity contribution is 6.05. The fourth-order valence-electron chi connectivity index (χ4n) is 9.86. The van der Waals surface area contributed by atoms with Crippen LogP contribution in [0.4, 0.5) is 24.5 Å². The minimum Gasteiger partial charge on any atom is -0.508 e. The van der Waals surface area contributed by atoms with Gasteiger partial charge in [0.2, 0.25) is 11.8 Å². The normalized spacial score (nSPS) is 24.0. The number of piperazine rings is 1. The maximum atomic E-state index is 15.6. The minimum absolute atomic E-state index is 0.153. The highest BCUT2D eigenvalue weighted by atomic mass is 19.3. The van der Waals surface area contributed by atoms with E-state index in [1.165, 1.54) is 24.3 Å². The first kappa shape index (κ1) is 37.2. The molecule has 0 bridgehead atoms. The Bertz CT molecular complexity index is 2180. The van der Waals surface area contributed by atoms with Crippen molar-refractivity contribution < 1.29 is 32.7 Å². The van der Waals surface area contributed by atoms with Gasteiger partial charge in [-0.1, -0.05) is 30.3 Å². The fourth-order valence-corrected chi connectivity index (χ4v) is 9.86. The number of carbonyl (C=O) groups excluding carboxylic acids is 3. The van der Waals surface area contributed by atoms with Crippen molar-refractivity contribution in [2.24, 2.45) is 5.92 Å². The molecule has 3 fully saturated rings. The van der Waals surface area contributed by atoms with Crippen molar-refractivity contribution >= 4 is 29.1 Å². The monoisotopic (exact) mass is 777 g/mol. The molecule has 3 atom stereocenters. The number of aromatic hydroxyl groups is 1. The number of benzene rings is 4. The van der Waals surface area contributed by atoms with Crippen molar-refractivity contribution in [2.45, 2.75) is 62.4 Å². The van der Waals surface area contributed by atoms with Crippen molar-refractivity contribution in [1.29, 1.82) is 0 Å². The number of piperidine rings is 2. The molecule has 4 aromatic rings. The van der Waals surface area contributed by atoms with Crippen LogP contribution in [-0.2, 0) is 22.1 Å². The van der Waals surface area contributed by atoms with Gasteiger partial charge in [0.05, 0.1) is 0 Å². The van der Waals surface area contributed by atoms with Crippen LogP contribution in [0.15, 0.2) is 84.9 Å². The largest absolute Gasteiger partial charge is 0.508 e. The standard InChI is InChI=1S/C45H46F3N5O4/c46-32-5-1-29(2-6-32)38-25-45(47,48)39-24-35(54)10-12-37(39)42(38)30-3-7-33(8-4-30)51-17-15-28(16-18-51)26-50-19-21-52(22-20-50)34-9-11-36-31(23-34)27-53(44(36)57)40-13-14-41(55)49-43(40)56/h1-12,23-24,28,38,40,42,54H,13-22,25-27H2,(H,49,55,56)/t38-,40-,42-/m1/s1. The molecule has 57 heavy (non-hydrogen) atoms. The molecule has 0 radical (unpaired) electrons. The number of fused-ring (bicyclic) bond motifs is 2. The summed E-state index contributed by atoms with van der Waals surface area (Å²) in [6.45, 7) is 6.98. The maximum absolute atomic E-state index is 15.6. The predicted molar refractivity (Wildman–Crippen MR) is 210 cm³/mol. The Hall–Kier alpha value is -5.36. The van der Waals surface area contributed by atoms with E-state index in [4.69, 9.17) is 0 Å². The van der Waals surface area contributed by atoms with Gasteiger partial charge in [-0.2, -0.15) is 0 Å². The number of nitrogens with one attached hydrogen (secondary N) is 1. The SMILES string of the molecule is O=C1CC[C@@H](N2Cc3cc(N4CCN(CC5CCN(c6ccc([C@@H]7c8ccc(O)cc8C(F)(F)C[C@@H]7c7ccc(F)cc7)cc6)CC5)CC4)ccc3C2=O)C(=O)N1. The summed E-state index contributed by atoms with van der Waals surface area (Å²) in [5, 5.41) is 12.5. The lowest BCUT2D eigenvalue weighted by atomic mass is 9.68. The van der Waals surface area contributed by atoms with Gasteiger partial charge in [0, 0.05) is 99.5 Å². The zero-order valence-corrected chi connectivity index (χ0v) is 31.7. The third kappa shape index (κ3) is 7.24. The van der Waals surface area contributed by atoms with E-state index in [-0.39, 0.29) is 35.5 Å². The summed E-state index contributed by atoms with van der Waals surface area (Å²) >= 11 is 0. The van der Waals surface area contributed by atoms with Gasteiger partial charge in [-0.3, -0.25) is 24.6 Å². The summed E-state index contributed by atoms with van der Waals surface area (Å²) in [7, 11) is 0. The number of phenols is 1. The Kier molecular flexibility index (Phi) is 9.71. The summed E-state index contributed by atoms with van der Waals surface area (Å²) in [6.07, 6.45) is 2.30. The van der Waals surface area contributed by atoms with E-state index in [2.05, 4.69) is 38.2 Å². The van der Waals surface area contributed by atoms with Gasteiger partial charge in [-0.15, -0.1) is 0 Å². The zero-order chi connectivity index (χ0) is 39.4. The van der Waals surface area contributed by atoms with Crippen LogP contribution in [0.2, 0.25) is 0 Å². The Morgan fingerprint density at radius 2 is 1.44 bits per heavy atom. The second-order valence-corrected chi connectivity index (χ2v) is 16.4. The first-order valence-electron chi connectivity index (χ1n) is 20.1. The van der Waals surface area contributed by atoms with E-state index >= 15 is 8.78 Å². The Balaban J connectivity index is 0.797. The highest BCUT2D eigenvalue weighted by Crippen LogP contribution is 2.55. The molecule has 9 nitrogen and oxygen atoms in total. The van der Waals surface area contributed by atoms with Crippen LogP contribution >= 0.6 is 0 Å². The number of alkyl halides is 2. The Morgan fingerprint density at radius 3 is 2.16 bits per heavy atom. The number of halogens is 3. The van der Waals surface area contributed by atoms with Crippen molar-refractivity contribution in [1.82, 2.24) is 15.1 Å². The second kappa shape index (κ2) is 14.9. The van der Waals surface area contributed by atoms with Crippen LogP contribution in [0.1, 0.15) is 82.1 Å². The Morgan fingerprint density at radius 1 is 0.754 bits per heavy atom. The van der Waals surface area contributed by atoms with Crippen LogP contribution in [0, 0.1) is 11.7 Å². The summed E-state index contributed by atoms with van der Waals surface area (Å²) < 4.78 is 45.0. The molecule has 296 valence electrons. The van der Waals surface area contributed by atoms with Crippen LogP contribution in [0.25, 0.3) is 0 Å². The minimum atomic E-state index is -3.14. The molecular formula is C45H46F3N5O4. The maximum Gasteiger partial charge on any atom is 0.274 e. The number of imide groups is 1. The molecule has 1 aliphatic carbocycles. The van der Waals surface area contributed by atoms with Gasteiger partial charge in [0.15, 0.2) is 0 Å². The van der Waals surface area contributed by atoms with Crippen molar-refractivity contribution in [3.8, 4) is 5.75 Å². The molecule has 4 aliphatic heterocycles. The molecular weight excluding hydrogens is 732 g/mol. The van der Waals surface area contributed by atoms with Crippen LogP contribution < -0.4 is 15.1 Å². The quantitative estimate of drug-likeness (QED) is 0.201. The van der Waals surface area contributed by atoms with Gasteiger partial charge in [0.1, 0.15) is 17.6 Å². The van der Waals surface area contributed by atoms with E-state index < -0.39 is 36.0 Å². The first-order valence-corrected chi connectivity index (χ1v) is 20.1. The lowest BCUT2D eigenvalue weighted by Gasteiger charge is -2.40. The average Bonchev–Trinajstić information content (AvgIpc) is 3.53. The van der Waals surface area contributed by atoms with Gasteiger partial charge >= 0.3 is 0 Å². The molecule has 5 aliphatic rings. The number of anilines is 2. The van der Waals surface area contributed by atoms with Crippen molar-refractivity contribution in [3.05, 3.63) is 124 Å². The van der Waals surface area contributed by atoms with Gasteiger partial charge in [-0.25, -0.2) is 13.2 Å². The molecule has 3 amide bonds. The molecule has 2 N–H and O–H groups in total. The number of hydrogen-bond donors (Lipinski definition) is 2. The number of phenolic OH excluding ortho intramolecular Hbond substituents is 1. The van der Waals surface area contributed by atoms with Gasteiger partial charge in [0.25, 0.3) is 11.8 Å². The fraction of sp³-hybridized carbons (Fsp3) is 0.400. The van der Waals surface area contributed by atoms with E-state index in [0.717, 1.165) is 81.2 Å². The molecule has 0 aromatic heterocycles. The lowest BCUT2D eigenvalue weighted by Crippen LogP contribution is -2.52. The van der Waals surface area contributed by atoms with Gasteiger partial charge < -0.3 is 19.8 Å². The summed E-state index contributed by atoms with van der Waals surface area (Å²) in [5.74, 6) is -4.95. The number of nitrogens with zero attached hydrogens (tertiary/aromatic N) is 4. The van der Waals surface area contributed by atoms with Crippen molar-refractivity contribution in [2.75, 3.05) is 55.6 Å². The number of rotatable bonds is 7. The molecule has 9 rings (SSSR count). The third-order valence-electron chi connectivity index (χ3n) is 12.9. The predicted octanol–water partition coefficient (Wildman–Crippen LogP) is 6.74. The summed E-state index contributed by atoms with van der Waals surface area (Å²) in [6, 6.07) is 23.7. The number of hydrogen-bond acceptors (Lipinski definition) is 7. The topological polar surface area (TPSA) is 96.4 Å². The Labute approximate surface area is 330 Å². The molecule has 0 spiro atoms. The first-order chi connectivity index (χ1) is 27.5. The van der Waals surface area contributed by atoms with Crippen LogP contribution in [-0.4, -0.2) is 84.5 Å². The number of carbonyl (C=O) groups is 3. The van der Waals surface area contributed by atoms with E-state index in [9.17, 15) is 23.9 Å². The molecule has 4 aromatic carbocycles. The van der Waals surface area contributed by atoms with Crippen LogP contribution in [0.3, 0.4) is 0 Å². The summed E-state index contributed by atoms with van der Waals surface area (Å²) in [4.78, 5) is 46.1. The van der Waals surface area contributed by atoms with E-state index in [0.29, 0.717) is 35.6 Å². The number of amides is 3. The van der Waals surface area contributed by atoms with E-state index in [1.807, 2.05) is 24.3 Å². The van der Waals surface area contributed by atoms with Gasteiger partial charge in [-0.05, 0) is 102 Å². The second-order valence-electron chi connectivity index (χ2n) is 16.4. The molecule has 12 heteroatoms. The highest BCUT2D eigenvalue weighted by Gasteiger charge is 2.47. The molecule has 4 heterocycles. The average molecular weight is 778 g/mol. The smallest absolute Gasteiger partial charge is 0.274 e. The molecule has 0 saturated carbocycles. The third-order valence-corrected chi connectivity index (χ3v) is 12.9. The van der Waals surface area contributed by atoms with Crippen molar-refractivity contribution in [3.63, 3.8) is 0 Å². The molecule has 3 saturated heterocycles. The summed E-state index contributed by atoms with van der Waals surface area (Å²) in [5.41, 5.74) is 5.64.